The molecule has 0 unspecified atom stereocenters. The van der Waals surface area contributed by atoms with E-state index in [-0.39, 0.29) is 11.4 Å². The zero-order valence-corrected chi connectivity index (χ0v) is 11.8. The van der Waals surface area contributed by atoms with Crippen molar-refractivity contribution in [2.75, 3.05) is 0 Å². The van der Waals surface area contributed by atoms with E-state index < -0.39 is 0 Å². The second-order valence-electron chi connectivity index (χ2n) is 4.01. The summed E-state index contributed by atoms with van der Waals surface area (Å²) in [6.07, 6.45) is 0.526. The van der Waals surface area contributed by atoms with Crippen LogP contribution in [-0.2, 0) is 0 Å². The van der Waals surface area contributed by atoms with Gasteiger partial charge in [0.1, 0.15) is 12.1 Å². The quantitative estimate of drug-likeness (QED) is 0.797. The van der Waals surface area contributed by atoms with Crippen molar-refractivity contribution in [1.82, 2.24) is 0 Å². The maximum absolute atomic E-state index is 9.07. The molecule has 5 heteroatoms. The highest BCUT2D eigenvalue weighted by atomic mass is 79.9. The normalized spacial score (nSPS) is 14.9. The summed E-state index contributed by atoms with van der Waals surface area (Å²) in [6.45, 7) is 1.83. The van der Waals surface area contributed by atoms with Gasteiger partial charge in [-0.15, -0.1) is 0 Å². The number of aliphatic imine (C=N–C) groups is 2. The first-order valence-corrected chi connectivity index (χ1v) is 6.35. The number of benzene rings is 1. The zero-order valence-electron chi connectivity index (χ0n) is 10.2. The number of rotatable bonds is 1. The minimum Gasteiger partial charge on any atom is -0.244 e. The molecule has 4 nitrogen and oxygen atoms in total. The molecule has 0 saturated carbocycles. The summed E-state index contributed by atoms with van der Waals surface area (Å²) in [5.74, 6) is 0. The monoisotopic (exact) mass is 312 g/mol. The van der Waals surface area contributed by atoms with Crippen LogP contribution in [0.5, 0.6) is 0 Å². The van der Waals surface area contributed by atoms with Crippen molar-refractivity contribution in [3.05, 3.63) is 45.7 Å². The minimum atomic E-state index is 0.0669. The molecule has 0 N–H and O–H groups in total. The Balaban J connectivity index is 2.54. The molecule has 0 amide bonds. The molecule has 1 aliphatic heterocycles. The van der Waals surface area contributed by atoms with E-state index in [1.54, 1.807) is 0 Å². The van der Waals surface area contributed by atoms with Crippen LogP contribution in [0, 0.1) is 22.7 Å². The molecule has 0 atom stereocenters. The predicted octanol–water partition coefficient (Wildman–Crippen LogP) is 3.36. The fourth-order valence-corrected chi connectivity index (χ4v) is 1.98. The Morgan fingerprint density at radius 2 is 1.63 bits per heavy atom. The average Bonchev–Trinajstić information content (AvgIpc) is 2.58. The van der Waals surface area contributed by atoms with E-state index in [0.29, 0.717) is 6.42 Å². The summed E-state index contributed by atoms with van der Waals surface area (Å²) < 4.78 is 0.977. The number of hydrogen-bond acceptors (Lipinski definition) is 4. The lowest BCUT2D eigenvalue weighted by Gasteiger charge is -2.04. The third-order valence-electron chi connectivity index (χ3n) is 2.59. The Hall–Kier alpha value is -2.24. The van der Waals surface area contributed by atoms with Crippen LogP contribution in [0.25, 0.3) is 0 Å². The van der Waals surface area contributed by atoms with Gasteiger partial charge in [0.05, 0.1) is 5.71 Å². The fourth-order valence-electron chi connectivity index (χ4n) is 1.72. The van der Waals surface area contributed by atoms with Gasteiger partial charge < -0.3 is 0 Å². The van der Waals surface area contributed by atoms with Gasteiger partial charge in [-0.1, -0.05) is 28.1 Å². The van der Waals surface area contributed by atoms with Crippen LogP contribution < -0.4 is 0 Å². The molecule has 0 bridgehead atoms. The van der Waals surface area contributed by atoms with Gasteiger partial charge in [0.2, 0.25) is 0 Å². The summed E-state index contributed by atoms with van der Waals surface area (Å²) in [4.78, 5) is 8.41. The van der Waals surface area contributed by atoms with Crippen molar-refractivity contribution in [3.63, 3.8) is 0 Å². The van der Waals surface area contributed by atoms with Gasteiger partial charge in [-0.3, -0.25) is 0 Å². The van der Waals surface area contributed by atoms with E-state index in [1.165, 1.54) is 0 Å². The molecule has 0 fully saturated rings. The number of hydrogen-bond donors (Lipinski definition) is 0. The van der Waals surface area contributed by atoms with E-state index in [1.807, 2.05) is 43.3 Å². The van der Waals surface area contributed by atoms with Crippen LogP contribution >= 0.6 is 15.9 Å². The van der Waals surface area contributed by atoms with E-state index in [2.05, 4.69) is 25.9 Å². The summed E-state index contributed by atoms with van der Waals surface area (Å²) in [6, 6.07) is 11.5. The maximum atomic E-state index is 9.07. The molecule has 0 radical (unpaired) electrons. The smallest absolute Gasteiger partial charge is 0.177 e. The third kappa shape index (κ3) is 2.96. The van der Waals surface area contributed by atoms with Crippen molar-refractivity contribution < 1.29 is 0 Å². The summed E-state index contributed by atoms with van der Waals surface area (Å²) in [5.41, 5.74) is 2.58. The van der Waals surface area contributed by atoms with Crippen molar-refractivity contribution in [3.8, 4) is 12.1 Å². The molecule has 0 aliphatic carbocycles. The first-order valence-electron chi connectivity index (χ1n) is 5.56. The van der Waals surface area contributed by atoms with E-state index >= 15 is 0 Å². The second kappa shape index (κ2) is 5.60. The molecular formula is C14H9BrN4. The summed E-state index contributed by atoms with van der Waals surface area (Å²) in [7, 11) is 0. The number of halogens is 1. The highest BCUT2D eigenvalue weighted by molar-refractivity contribution is 9.10. The van der Waals surface area contributed by atoms with Crippen LogP contribution in [0.2, 0.25) is 0 Å². The van der Waals surface area contributed by atoms with Crippen molar-refractivity contribution in [2.45, 2.75) is 13.3 Å². The summed E-state index contributed by atoms with van der Waals surface area (Å²) in [5, 5.41) is 18.1. The Kier molecular flexibility index (Phi) is 3.89. The fraction of sp³-hybridized carbons (Fsp3) is 0.143. The molecule has 1 heterocycles. The first kappa shape index (κ1) is 13.2. The Morgan fingerprint density at radius 1 is 1.05 bits per heavy atom. The third-order valence-corrected chi connectivity index (χ3v) is 3.11. The van der Waals surface area contributed by atoms with Gasteiger partial charge in [0.25, 0.3) is 0 Å². The van der Waals surface area contributed by atoms with E-state index in [4.69, 9.17) is 10.5 Å². The van der Waals surface area contributed by atoms with Gasteiger partial charge in [0.15, 0.2) is 11.4 Å². The average molecular weight is 313 g/mol. The molecule has 2 rings (SSSR count). The molecular weight excluding hydrogens is 304 g/mol. The van der Waals surface area contributed by atoms with E-state index in [9.17, 15) is 0 Å². The zero-order chi connectivity index (χ0) is 13.8. The second-order valence-corrected chi connectivity index (χ2v) is 4.93. The Labute approximate surface area is 119 Å². The molecule has 1 aromatic rings. The van der Waals surface area contributed by atoms with Gasteiger partial charge in [0, 0.05) is 16.6 Å². The van der Waals surface area contributed by atoms with Gasteiger partial charge >= 0.3 is 0 Å². The number of nitriles is 2. The van der Waals surface area contributed by atoms with Crippen molar-refractivity contribution in [1.29, 1.82) is 10.5 Å². The predicted molar refractivity (Wildman–Crippen MR) is 76.7 cm³/mol. The lowest BCUT2D eigenvalue weighted by Crippen LogP contribution is -2.05. The lowest BCUT2D eigenvalue weighted by molar-refractivity contribution is 1.27. The van der Waals surface area contributed by atoms with Gasteiger partial charge in [-0.05, 0) is 24.6 Å². The number of allylic oxidation sites excluding steroid dienone is 2. The Bertz CT molecular complexity index is 682. The van der Waals surface area contributed by atoms with Gasteiger partial charge in [-0.25, -0.2) is 9.98 Å². The largest absolute Gasteiger partial charge is 0.244 e. The van der Waals surface area contributed by atoms with Crippen molar-refractivity contribution >= 4 is 27.4 Å². The van der Waals surface area contributed by atoms with Crippen LogP contribution in [0.4, 0.5) is 0 Å². The van der Waals surface area contributed by atoms with Gasteiger partial charge in [-0.2, -0.15) is 10.5 Å². The summed E-state index contributed by atoms with van der Waals surface area (Å²) >= 11 is 3.37. The topological polar surface area (TPSA) is 72.3 Å². The van der Waals surface area contributed by atoms with Crippen LogP contribution in [-0.4, -0.2) is 11.4 Å². The lowest BCUT2D eigenvalue weighted by atomic mass is 10.1. The highest BCUT2D eigenvalue weighted by Gasteiger charge is 2.14. The maximum Gasteiger partial charge on any atom is 0.177 e. The van der Waals surface area contributed by atoms with Crippen LogP contribution in [0.3, 0.4) is 0 Å². The molecule has 0 spiro atoms. The molecule has 92 valence electrons. The SMILES string of the molecule is CC1=NC(C#N)=C(C#N)N=C(c2ccc(Br)cc2)C1. The molecule has 1 aliphatic rings. The minimum absolute atomic E-state index is 0.0669. The van der Waals surface area contributed by atoms with Crippen molar-refractivity contribution in [2.24, 2.45) is 9.98 Å². The molecule has 0 aromatic heterocycles. The van der Waals surface area contributed by atoms with Crippen LogP contribution in [0.15, 0.2) is 50.1 Å². The highest BCUT2D eigenvalue weighted by Crippen LogP contribution is 2.18. The standard InChI is InChI=1S/C14H9BrN4/c1-9-6-12(10-2-4-11(15)5-3-10)19-14(8-17)13(7-16)18-9/h2-5H,6H2,1H3. The van der Waals surface area contributed by atoms with E-state index in [0.717, 1.165) is 21.5 Å². The molecule has 1 aromatic carbocycles. The number of nitrogens with zero attached hydrogens (tertiary/aromatic N) is 4. The molecule has 19 heavy (non-hydrogen) atoms. The Morgan fingerprint density at radius 3 is 2.21 bits per heavy atom. The first-order chi connectivity index (χ1) is 9.13. The molecule has 0 saturated heterocycles. The van der Waals surface area contributed by atoms with Crippen LogP contribution in [0.1, 0.15) is 18.9 Å².